The molecule has 1 saturated heterocycles. The average Bonchev–Trinajstić information content (AvgIpc) is 3.12. The number of benzene rings is 2. The average molecular weight is 504 g/mol. The van der Waals surface area contributed by atoms with Gasteiger partial charge < -0.3 is 29.0 Å². The molecule has 35 heavy (non-hydrogen) atoms. The molecule has 1 atom stereocenters. The van der Waals surface area contributed by atoms with Crippen LogP contribution in [0.15, 0.2) is 42.0 Å². The molecule has 2 aromatic carbocycles. The summed E-state index contributed by atoms with van der Waals surface area (Å²) in [5, 5.41) is 11.6. The fourth-order valence-electron chi connectivity index (χ4n) is 3.99. The standard InChI is InChI=1S/C26H30ClNO7/c1-5-12-35-17-9-7-16(8-10-17)23-22(25(30)26(31)28(23)11-6-13-32-2)24(29)18-14-19(27)21(34-4)15-20(18)33-3/h7-10,14-15,23,29H,5-6,11-13H2,1-4H3/b24-22+. The van der Waals surface area contributed by atoms with Crippen molar-refractivity contribution in [2.75, 3.05) is 41.1 Å². The Kier molecular flexibility index (Phi) is 9.01. The van der Waals surface area contributed by atoms with E-state index in [9.17, 15) is 14.7 Å². The molecular weight excluding hydrogens is 474 g/mol. The van der Waals surface area contributed by atoms with Crippen molar-refractivity contribution in [3.05, 3.63) is 58.1 Å². The van der Waals surface area contributed by atoms with Crippen LogP contribution < -0.4 is 14.2 Å². The summed E-state index contributed by atoms with van der Waals surface area (Å²) < 4.78 is 21.4. The fraction of sp³-hybridized carbons (Fsp3) is 0.385. The monoisotopic (exact) mass is 503 g/mol. The number of Topliss-reactive ketones (excluding diaryl/α,β-unsaturated/α-hetero) is 1. The number of aliphatic hydroxyl groups excluding tert-OH is 1. The molecule has 8 nitrogen and oxygen atoms in total. The summed E-state index contributed by atoms with van der Waals surface area (Å²) in [6.45, 7) is 3.28. The maximum absolute atomic E-state index is 13.2. The number of carbonyl (C=O) groups excluding carboxylic acids is 2. The topological polar surface area (TPSA) is 94.5 Å². The van der Waals surface area contributed by atoms with Crippen LogP contribution in [0.25, 0.3) is 5.76 Å². The Morgan fingerprint density at radius 1 is 1.03 bits per heavy atom. The highest BCUT2D eigenvalue weighted by atomic mass is 35.5. The van der Waals surface area contributed by atoms with E-state index in [0.29, 0.717) is 36.7 Å². The van der Waals surface area contributed by atoms with Gasteiger partial charge in [0.1, 0.15) is 23.0 Å². The Balaban J connectivity index is 2.14. The number of hydrogen-bond acceptors (Lipinski definition) is 7. The maximum Gasteiger partial charge on any atom is 0.295 e. The lowest BCUT2D eigenvalue weighted by molar-refractivity contribution is -0.140. The second kappa shape index (κ2) is 12.0. The molecule has 1 heterocycles. The van der Waals surface area contributed by atoms with Crippen molar-refractivity contribution >= 4 is 29.1 Å². The quantitative estimate of drug-likeness (QED) is 0.207. The first-order valence-corrected chi connectivity index (χ1v) is 11.7. The van der Waals surface area contributed by atoms with Gasteiger partial charge in [0.15, 0.2) is 0 Å². The third kappa shape index (κ3) is 5.55. The van der Waals surface area contributed by atoms with Crippen LogP contribution in [0, 0.1) is 0 Å². The number of likely N-dealkylation sites (tertiary alicyclic amines) is 1. The number of aliphatic hydroxyl groups is 1. The SMILES string of the molecule is CCCOc1ccc(C2/C(=C(\O)c3cc(Cl)c(OC)cc3OC)C(=O)C(=O)N2CCCOC)cc1. The van der Waals surface area contributed by atoms with Gasteiger partial charge in [0.05, 0.1) is 43.0 Å². The molecule has 1 aliphatic rings. The molecule has 0 aliphatic carbocycles. The molecule has 0 bridgehead atoms. The minimum Gasteiger partial charge on any atom is -0.507 e. The third-order valence-corrected chi connectivity index (χ3v) is 5.98. The molecule has 1 N–H and O–H groups in total. The number of carbonyl (C=O) groups is 2. The Morgan fingerprint density at radius 2 is 1.71 bits per heavy atom. The van der Waals surface area contributed by atoms with Crippen molar-refractivity contribution in [3.63, 3.8) is 0 Å². The minimum absolute atomic E-state index is 0.0471. The van der Waals surface area contributed by atoms with Crippen LogP contribution in [0.5, 0.6) is 17.2 Å². The Labute approximate surface area is 210 Å². The predicted octanol–water partition coefficient (Wildman–Crippen LogP) is 4.60. The van der Waals surface area contributed by atoms with Crippen molar-refractivity contribution in [1.82, 2.24) is 4.90 Å². The van der Waals surface area contributed by atoms with E-state index in [2.05, 4.69) is 0 Å². The second-order valence-electron chi connectivity index (χ2n) is 7.94. The highest BCUT2D eigenvalue weighted by Gasteiger charge is 2.46. The number of hydrogen-bond donors (Lipinski definition) is 1. The van der Waals surface area contributed by atoms with Crippen molar-refractivity contribution in [2.45, 2.75) is 25.8 Å². The first-order chi connectivity index (χ1) is 16.9. The Morgan fingerprint density at radius 3 is 2.31 bits per heavy atom. The number of rotatable bonds is 11. The number of amides is 1. The molecular formula is C26H30ClNO7. The fourth-order valence-corrected chi connectivity index (χ4v) is 4.23. The molecule has 188 valence electrons. The lowest BCUT2D eigenvalue weighted by Crippen LogP contribution is -2.31. The van der Waals surface area contributed by atoms with Crippen LogP contribution in [0.1, 0.15) is 36.9 Å². The molecule has 1 fully saturated rings. The lowest BCUT2D eigenvalue weighted by Gasteiger charge is -2.25. The molecule has 1 unspecified atom stereocenters. The summed E-state index contributed by atoms with van der Waals surface area (Å²) in [7, 11) is 4.45. The van der Waals surface area contributed by atoms with Gasteiger partial charge in [0.25, 0.3) is 11.7 Å². The molecule has 1 aliphatic heterocycles. The molecule has 0 spiro atoms. The second-order valence-corrected chi connectivity index (χ2v) is 8.35. The molecule has 9 heteroatoms. The van der Waals surface area contributed by atoms with Gasteiger partial charge in [0, 0.05) is 26.3 Å². The minimum atomic E-state index is -0.808. The summed E-state index contributed by atoms with van der Waals surface area (Å²) in [4.78, 5) is 27.7. The summed E-state index contributed by atoms with van der Waals surface area (Å²) >= 11 is 6.30. The highest BCUT2D eigenvalue weighted by molar-refractivity contribution is 6.46. The van der Waals surface area contributed by atoms with Crippen LogP contribution in [0.2, 0.25) is 5.02 Å². The maximum atomic E-state index is 13.2. The smallest absolute Gasteiger partial charge is 0.295 e. The molecule has 0 saturated carbocycles. The van der Waals surface area contributed by atoms with Crippen LogP contribution in [-0.2, 0) is 14.3 Å². The van der Waals surface area contributed by atoms with Gasteiger partial charge >= 0.3 is 0 Å². The third-order valence-electron chi connectivity index (χ3n) is 5.69. The van der Waals surface area contributed by atoms with Gasteiger partial charge in [-0.2, -0.15) is 0 Å². The number of ketones is 1. The largest absolute Gasteiger partial charge is 0.507 e. The number of methoxy groups -OCH3 is 3. The van der Waals surface area contributed by atoms with E-state index in [1.165, 1.54) is 31.3 Å². The van der Waals surface area contributed by atoms with Crippen molar-refractivity contribution in [1.29, 1.82) is 0 Å². The Hall–Kier alpha value is -3.23. The lowest BCUT2D eigenvalue weighted by atomic mass is 9.94. The summed E-state index contributed by atoms with van der Waals surface area (Å²) in [5.74, 6) is -0.593. The van der Waals surface area contributed by atoms with Crippen molar-refractivity contribution in [2.24, 2.45) is 0 Å². The summed E-state index contributed by atoms with van der Waals surface area (Å²) in [6, 6.07) is 9.30. The molecule has 0 aromatic heterocycles. The van der Waals surface area contributed by atoms with E-state index < -0.39 is 17.7 Å². The van der Waals surface area contributed by atoms with Gasteiger partial charge in [-0.15, -0.1) is 0 Å². The summed E-state index contributed by atoms with van der Waals surface area (Å²) in [5.41, 5.74) is 0.792. The van der Waals surface area contributed by atoms with Crippen molar-refractivity contribution in [3.8, 4) is 17.2 Å². The molecule has 2 aromatic rings. The van der Waals surface area contributed by atoms with Crippen LogP contribution >= 0.6 is 11.6 Å². The van der Waals surface area contributed by atoms with E-state index in [1.54, 1.807) is 31.4 Å². The zero-order chi connectivity index (χ0) is 25.5. The van der Waals surface area contributed by atoms with Crippen LogP contribution in [0.3, 0.4) is 0 Å². The normalized spacial score (nSPS) is 17.1. The van der Waals surface area contributed by atoms with Gasteiger partial charge in [-0.05, 0) is 36.6 Å². The van der Waals surface area contributed by atoms with Crippen LogP contribution in [0.4, 0.5) is 0 Å². The van der Waals surface area contributed by atoms with E-state index in [4.69, 9.17) is 30.5 Å². The van der Waals surface area contributed by atoms with E-state index in [0.717, 1.165) is 6.42 Å². The van der Waals surface area contributed by atoms with Crippen LogP contribution in [-0.4, -0.2) is 62.8 Å². The zero-order valence-corrected chi connectivity index (χ0v) is 21.1. The first-order valence-electron chi connectivity index (χ1n) is 11.3. The summed E-state index contributed by atoms with van der Waals surface area (Å²) in [6.07, 6.45) is 1.39. The first kappa shape index (κ1) is 26.4. The number of nitrogens with zero attached hydrogens (tertiary/aromatic N) is 1. The van der Waals surface area contributed by atoms with Gasteiger partial charge in [0.2, 0.25) is 0 Å². The highest BCUT2D eigenvalue weighted by Crippen LogP contribution is 2.43. The zero-order valence-electron chi connectivity index (χ0n) is 20.3. The van der Waals surface area contributed by atoms with Gasteiger partial charge in [-0.3, -0.25) is 9.59 Å². The van der Waals surface area contributed by atoms with Crippen molar-refractivity contribution < 1.29 is 33.6 Å². The molecule has 0 radical (unpaired) electrons. The van der Waals surface area contributed by atoms with E-state index in [1.807, 2.05) is 6.92 Å². The van der Waals surface area contributed by atoms with Gasteiger partial charge in [-0.1, -0.05) is 30.7 Å². The number of halogens is 1. The number of ether oxygens (including phenoxy) is 4. The van der Waals surface area contributed by atoms with E-state index in [-0.39, 0.29) is 34.2 Å². The predicted molar refractivity (Wildman–Crippen MR) is 132 cm³/mol. The Bertz CT molecular complexity index is 1100. The van der Waals surface area contributed by atoms with Gasteiger partial charge in [-0.25, -0.2) is 0 Å². The molecule has 1 amide bonds. The van der Waals surface area contributed by atoms with E-state index >= 15 is 0 Å². The molecule has 3 rings (SSSR count).